The number of nitrogens with one attached hydrogen (secondary N) is 1. The molecule has 0 atom stereocenters. The average Bonchev–Trinajstić information content (AvgIpc) is 3.30. The number of amides is 1. The van der Waals surface area contributed by atoms with Crippen LogP contribution in [0.3, 0.4) is 0 Å². The lowest BCUT2D eigenvalue weighted by molar-refractivity contribution is 0.102. The number of carbonyl (C=O) groups is 1. The molecule has 0 aliphatic rings. The molecule has 1 N–H and O–H groups in total. The molecule has 29 heavy (non-hydrogen) atoms. The van der Waals surface area contributed by atoms with Crippen LogP contribution in [0, 0.1) is 6.92 Å². The van der Waals surface area contributed by atoms with Gasteiger partial charge in [-0.1, -0.05) is 22.9 Å². The Morgan fingerprint density at radius 3 is 2.55 bits per heavy atom. The number of methoxy groups -OCH3 is 2. The van der Waals surface area contributed by atoms with Gasteiger partial charge < -0.3 is 14.8 Å². The smallest absolute Gasteiger partial charge is 0.255 e. The molecule has 0 fully saturated rings. The van der Waals surface area contributed by atoms with Crippen LogP contribution in [0.1, 0.15) is 16.2 Å². The SMILES string of the molecule is COc1ccc(C(=O)Nc2cc(-c3nn4c(C)nnc4s3)ccc2OC)cc1Cl. The quantitative estimate of drug-likeness (QED) is 0.514. The number of rotatable bonds is 5. The van der Waals surface area contributed by atoms with Crippen molar-refractivity contribution in [2.24, 2.45) is 0 Å². The summed E-state index contributed by atoms with van der Waals surface area (Å²) in [5, 5.41) is 16.6. The second kappa shape index (κ2) is 7.69. The van der Waals surface area contributed by atoms with Gasteiger partial charge in [-0.05, 0) is 43.3 Å². The monoisotopic (exact) mass is 429 g/mol. The van der Waals surface area contributed by atoms with Gasteiger partial charge in [-0.3, -0.25) is 4.79 Å². The first-order valence-electron chi connectivity index (χ1n) is 8.52. The third-order valence-corrected chi connectivity index (χ3v) is 5.50. The van der Waals surface area contributed by atoms with Crippen LogP contribution in [0.2, 0.25) is 5.02 Å². The van der Waals surface area contributed by atoms with Gasteiger partial charge in [-0.2, -0.15) is 9.61 Å². The normalized spacial score (nSPS) is 10.9. The number of fused-ring (bicyclic) bond motifs is 1. The zero-order valence-electron chi connectivity index (χ0n) is 15.8. The standard InChI is InChI=1S/C19H16ClN5O3S/c1-10-22-23-19-25(10)24-18(29-19)12-5-7-16(28-3)14(9-12)21-17(26)11-4-6-15(27-2)13(20)8-11/h4-9H,1-3H3,(H,21,26). The van der Waals surface area contributed by atoms with Crippen LogP contribution in [0.4, 0.5) is 5.69 Å². The summed E-state index contributed by atoms with van der Waals surface area (Å²) in [5.41, 5.74) is 1.74. The lowest BCUT2D eigenvalue weighted by Gasteiger charge is -2.12. The number of ether oxygens (including phenoxy) is 2. The first-order valence-corrected chi connectivity index (χ1v) is 9.71. The minimum absolute atomic E-state index is 0.320. The third kappa shape index (κ3) is 3.62. The number of benzene rings is 2. The Morgan fingerprint density at radius 1 is 1.10 bits per heavy atom. The fourth-order valence-electron chi connectivity index (χ4n) is 2.77. The van der Waals surface area contributed by atoms with E-state index >= 15 is 0 Å². The Balaban J connectivity index is 1.66. The molecule has 0 spiro atoms. The number of nitrogens with zero attached hydrogens (tertiary/aromatic N) is 4. The van der Waals surface area contributed by atoms with Gasteiger partial charge in [-0.15, -0.1) is 10.2 Å². The Morgan fingerprint density at radius 2 is 1.86 bits per heavy atom. The molecule has 0 aliphatic carbocycles. The summed E-state index contributed by atoms with van der Waals surface area (Å²) in [4.78, 5) is 13.4. The molecule has 0 saturated carbocycles. The molecule has 4 rings (SSSR count). The molecule has 0 saturated heterocycles. The molecule has 0 bridgehead atoms. The van der Waals surface area contributed by atoms with E-state index in [0.29, 0.717) is 38.6 Å². The second-order valence-electron chi connectivity index (χ2n) is 6.07. The topological polar surface area (TPSA) is 90.6 Å². The van der Waals surface area contributed by atoms with E-state index in [4.69, 9.17) is 21.1 Å². The molecular formula is C19H16ClN5O3S. The Bertz CT molecular complexity index is 1220. The summed E-state index contributed by atoms with van der Waals surface area (Å²) >= 11 is 7.54. The number of hydrogen-bond donors (Lipinski definition) is 1. The van der Waals surface area contributed by atoms with Crippen LogP contribution in [0.25, 0.3) is 15.5 Å². The van der Waals surface area contributed by atoms with Crippen LogP contribution < -0.4 is 14.8 Å². The lowest BCUT2D eigenvalue weighted by atomic mass is 10.1. The summed E-state index contributed by atoms with van der Waals surface area (Å²) in [6, 6.07) is 10.3. The summed E-state index contributed by atoms with van der Waals surface area (Å²) in [6.07, 6.45) is 0. The summed E-state index contributed by atoms with van der Waals surface area (Å²) < 4.78 is 12.2. The van der Waals surface area contributed by atoms with E-state index in [0.717, 1.165) is 10.6 Å². The Labute approximate surface area is 175 Å². The predicted molar refractivity (Wildman–Crippen MR) is 111 cm³/mol. The van der Waals surface area contributed by atoms with E-state index in [1.165, 1.54) is 18.4 Å². The maximum atomic E-state index is 12.7. The highest BCUT2D eigenvalue weighted by molar-refractivity contribution is 7.19. The zero-order valence-corrected chi connectivity index (χ0v) is 17.3. The second-order valence-corrected chi connectivity index (χ2v) is 7.43. The molecule has 0 radical (unpaired) electrons. The molecule has 2 heterocycles. The Hall–Kier alpha value is -3.17. The first-order chi connectivity index (χ1) is 14.0. The van der Waals surface area contributed by atoms with Gasteiger partial charge in [0.15, 0.2) is 5.82 Å². The highest BCUT2D eigenvalue weighted by Crippen LogP contribution is 2.33. The Kier molecular flexibility index (Phi) is 5.08. The van der Waals surface area contributed by atoms with E-state index in [9.17, 15) is 4.79 Å². The van der Waals surface area contributed by atoms with Crippen molar-refractivity contribution in [2.75, 3.05) is 19.5 Å². The number of halogens is 1. The molecule has 2 aromatic heterocycles. The van der Waals surface area contributed by atoms with Crippen molar-refractivity contribution in [1.82, 2.24) is 19.8 Å². The van der Waals surface area contributed by atoms with Crippen LogP contribution in [-0.2, 0) is 0 Å². The fourth-order valence-corrected chi connectivity index (χ4v) is 3.91. The van der Waals surface area contributed by atoms with Gasteiger partial charge >= 0.3 is 0 Å². The molecule has 0 aliphatic heterocycles. The number of anilines is 1. The van der Waals surface area contributed by atoms with Gasteiger partial charge in [0.2, 0.25) is 4.96 Å². The molecule has 4 aromatic rings. The van der Waals surface area contributed by atoms with Gasteiger partial charge in [0.25, 0.3) is 5.91 Å². The van der Waals surface area contributed by atoms with Gasteiger partial charge in [0.1, 0.15) is 16.5 Å². The fraction of sp³-hybridized carbons (Fsp3) is 0.158. The summed E-state index contributed by atoms with van der Waals surface area (Å²) in [7, 11) is 3.06. The summed E-state index contributed by atoms with van der Waals surface area (Å²) in [6.45, 7) is 1.84. The zero-order chi connectivity index (χ0) is 20.5. The molecule has 8 nitrogen and oxygen atoms in total. The molecule has 2 aromatic carbocycles. The van der Waals surface area contributed by atoms with Crippen molar-refractivity contribution in [3.05, 3.63) is 52.8 Å². The van der Waals surface area contributed by atoms with E-state index in [1.54, 1.807) is 35.9 Å². The van der Waals surface area contributed by atoms with Crippen LogP contribution in [0.15, 0.2) is 36.4 Å². The van der Waals surface area contributed by atoms with E-state index in [-0.39, 0.29) is 5.91 Å². The number of aryl methyl sites for hydroxylation is 1. The molecule has 10 heteroatoms. The van der Waals surface area contributed by atoms with Gasteiger partial charge in [-0.25, -0.2) is 0 Å². The van der Waals surface area contributed by atoms with Crippen LogP contribution >= 0.6 is 22.9 Å². The largest absolute Gasteiger partial charge is 0.495 e. The number of aromatic nitrogens is 4. The van der Waals surface area contributed by atoms with Gasteiger partial charge in [0, 0.05) is 11.1 Å². The maximum Gasteiger partial charge on any atom is 0.255 e. The lowest BCUT2D eigenvalue weighted by Crippen LogP contribution is -2.12. The van der Waals surface area contributed by atoms with Crippen LogP contribution in [0.5, 0.6) is 11.5 Å². The molecular weight excluding hydrogens is 414 g/mol. The van der Waals surface area contributed by atoms with Crippen molar-refractivity contribution in [3.63, 3.8) is 0 Å². The number of carbonyl (C=O) groups excluding carboxylic acids is 1. The van der Waals surface area contributed by atoms with Crippen molar-refractivity contribution in [2.45, 2.75) is 6.92 Å². The third-order valence-electron chi connectivity index (χ3n) is 4.26. The minimum Gasteiger partial charge on any atom is -0.495 e. The molecule has 0 unspecified atom stereocenters. The first kappa shape index (κ1) is 19.2. The number of hydrogen-bond acceptors (Lipinski definition) is 7. The van der Waals surface area contributed by atoms with Crippen molar-refractivity contribution >= 4 is 39.5 Å². The maximum absolute atomic E-state index is 12.7. The highest BCUT2D eigenvalue weighted by atomic mass is 35.5. The molecule has 148 valence electrons. The van der Waals surface area contributed by atoms with Crippen LogP contribution in [-0.4, -0.2) is 39.9 Å². The highest BCUT2D eigenvalue weighted by Gasteiger charge is 2.16. The van der Waals surface area contributed by atoms with Crippen molar-refractivity contribution in [3.8, 4) is 22.1 Å². The summed E-state index contributed by atoms with van der Waals surface area (Å²) in [5.74, 6) is 1.42. The van der Waals surface area contributed by atoms with E-state index in [1.807, 2.05) is 19.1 Å². The predicted octanol–water partition coefficient (Wildman–Crippen LogP) is 4.08. The minimum atomic E-state index is -0.320. The van der Waals surface area contributed by atoms with E-state index < -0.39 is 0 Å². The van der Waals surface area contributed by atoms with Crippen molar-refractivity contribution in [1.29, 1.82) is 0 Å². The van der Waals surface area contributed by atoms with Gasteiger partial charge in [0.05, 0.1) is 24.9 Å². The average molecular weight is 430 g/mol. The molecule has 1 amide bonds. The van der Waals surface area contributed by atoms with Crippen molar-refractivity contribution < 1.29 is 14.3 Å². The van der Waals surface area contributed by atoms with E-state index in [2.05, 4.69) is 20.6 Å².